The molecule has 1 aromatic carbocycles. The third kappa shape index (κ3) is 1.48. The molecule has 0 aliphatic carbocycles. The van der Waals surface area contributed by atoms with Crippen molar-refractivity contribution in [2.45, 2.75) is 6.42 Å². The van der Waals surface area contributed by atoms with E-state index in [1.807, 2.05) is 6.07 Å². The van der Waals surface area contributed by atoms with Gasteiger partial charge in [0, 0.05) is 5.57 Å². The second-order valence-electron chi connectivity index (χ2n) is 3.47. The molecule has 1 heterocycles. The van der Waals surface area contributed by atoms with Gasteiger partial charge in [0.15, 0.2) is 0 Å². The number of carbonyl (C=O) groups excluding carboxylic acids is 2. The van der Waals surface area contributed by atoms with Gasteiger partial charge in [-0.2, -0.15) is 5.26 Å². The monoisotopic (exact) mass is 212 g/mol. The number of nitriles is 1. The van der Waals surface area contributed by atoms with Gasteiger partial charge in [-0.25, -0.2) is 4.90 Å². The van der Waals surface area contributed by atoms with Gasteiger partial charge in [0.25, 0.3) is 5.91 Å². The Kier molecular flexibility index (Phi) is 2.29. The summed E-state index contributed by atoms with van der Waals surface area (Å²) >= 11 is 0. The Hall–Kier alpha value is -2.41. The van der Waals surface area contributed by atoms with Crippen LogP contribution >= 0.6 is 0 Å². The highest BCUT2D eigenvalue weighted by Crippen LogP contribution is 2.24. The van der Waals surface area contributed by atoms with Crippen LogP contribution in [0.5, 0.6) is 0 Å². The van der Waals surface area contributed by atoms with Gasteiger partial charge in [-0.05, 0) is 24.3 Å². The fourth-order valence-corrected chi connectivity index (χ4v) is 1.55. The minimum Gasteiger partial charge on any atom is -0.274 e. The van der Waals surface area contributed by atoms with Gasteiger partial charge in [0.05, 0.1) is 23.7 Å². The molecule has 1 fully saturated rings. The summed E-state index contributed by atoms with van der Waals surface area (Å²) in [6.45, 7) is 3.53. The van der Waals surface area contributed by atoms with Crippen molar-refractivity contribution in [2.24, 2.45) is 0 Å². The molecular weight excluding hydrogens is 204 g/mol. The Morgan fingerprint density at radius 3 is 2.31 bits per heavy atom. The maximum Gasteiger partial charge on any atom is 0.260 e. The molecule has 2 rings (SSSR count). The number of nitrogens with zero attached hydrogens (tertiary/aromatic N) is 2. The summed E-state index contributed by atoms with van der Waals surface area (Å²) in [4.78, 5) is 24.2. The number of hydrogen-bond acceptors (Lipinski definition) is 3. The molecular formula is C12H8N2O2. The van der Waals surface area contributed by atoms with Gasteiger partial charge in [-0.15, -0.1) is 0 Å². The van der Waals surface area contributed by atoms with Crippen molar-refractivity contribution in [3.8, 4) is 6.07 Å². The van der Waals surface area contributed by atoms with Crippen LogP contribution in [-0.4, -0.2) is 11.8 Å². The second-order valence-corrected chi connectivity index (χ2v) is 3.47. The Morgan fingerprint density at radius 2 is 1.88 bits per heavy atom. The molecule has 4 nitrogen and oxygen atoms in total. The summed E-state index contributed by atoms with van der Waals surface area (Å²) in [5.41, 5.74) is 1.27. The van der Waals surface area contributed by atoms with E-state index in [-0.39, 0.29) is 18.2 Å². The zero-order chi connectivity index (χ0) is 11.7. The van der Waals surface area contributed by atoms with E-state index in [1.54, 1.807) is 24.3 Å². The minimum absolute atomic E-state index is 0.0683. The highest BCUT2D eigenvalue weighted by Gasteiger charge is 2.33. The van der Waals surface area contributed by atoms with E-state index in [0.717, 1.165) is 4.90 Å². The average molecular weight is 212 g/mol. The van der Waals surface area contributed by atoms with Crippen molar-refractivity contribution in [1.82, 2.24) is 0 Å². The second kappa shape index (κ2) is 3.63. The van der Waals surface area contributed by atoms with Crippen molar-refractivity contribution in [1.29, 1.82) is 5.26 Å². The van der Waals surface area contributed by atoms with Gasteiger partial charge in [-0.3, -0.25) is 9.59 Å². The van der Waals surface area contributed by atoms with E-state index in [1.165, 1.54) is 0 Å². The molecule has 2 amide bonds. The summed E-state index contributed by atoms with van der Waals surface area (Å²) < 4.78 is 0. The number of amides is 2. The normalized spacial score (nSPS) is 15.4. The largest absolute Gasteiger partial charge is 0.274 e. The number of imide groups is 1. The fourth-order valence-electron chi connectivity index (χ4n) is 1.55. The van der Waals surface area contributed by atoms with Gasteiger partial charge >= 0.3 is 0 Å². The summed E-state index contributed by atoms with van der Waals surface area (Å²) in [6, 6.07) is 8.26. The fraction of sp³-hybridized carbons (Fsp3) is 0.0833. The number of rotatable bonds is 1. The van der Waals surface area contributed by atoms with Crippen molar-refractivity contribution in [3.05, 3.63) is 42.0 Å². The van der Waals surface area contributed by atoms with E-state index >= 15 is 0 Å². The first-order valence-electron chi connectivity index (χ1n) is 4.68. The molecule has 0 radical (unpaired) electrons. The quantitative estimate of drug-likeness (QED) is 0.522. The van der Waals surface area contributed by atoms with Gasteiger partial charge in [-0.1, -0.05) is 6.58 Å². The van der Waals surface area contributed by atoms with E-state index < -0.39 is 0 Å². The van der Waals surface area contributed by atoms with Gasteiger partial charge in [0.2, 0.25) is 5.91 Å². The number of carbonyl (C=O) groups is 2. The Balaban J connectivity index is 2.38. The Morgan fingerprint density at radius 1 is 1.25 bits per heavy atom. The summed E-state index contributed by atoms with van der Waals surface area (Å²) in [6.07, 6.45) is 0.0683. The molecule has 4 heteroatoms. The van der Waals surface area contributed by atoms with Crippen LogP contribution in [0.25, 0.3) is 0 Å². The van der Waals surface area contributed by atoms with Crippen molar-refractivity contribution in [3.63, 3.8) is 0 Å². The molecule has 0 spiro atoms. The van der Waals surface area contributed by atoms with Crippen molar-refractivity contribution in [2.75, 3.05) is 4.90 Å². The molecule has 16 heavy (non-hydrogen) atoms. The molecule has 0 saturated carbocycles. The molecule has 0 N–H and O–H groups in total. The molecule has 0 unspecified atom stereocenters. The molecule has 78 valence electrons. The maximum atomic E-state index is 11.6. The lowest BCUT2D eigenvalue weighted by Crippen LogP contribution is -2.28. The van der Waals surface area contributed by atoms with Crippen LogP contribution in [0, 0.1) is 11.3 Å². The predicted molar refractivity (Wildman–Crippen MR) is 57.4 cm³/mol. The van der Waals surface area contributed by atoms with E-state index in [0.29, 0.717) is 16.8 Å². The first kappa shape index (κ1) is 10.1. The van der Waals surface area contributed by atoms with Crippen LogP contribution in [0.1, 0.15) is 12.0 Å². The van der Waals surface area contributed by atoms with Crippen molar-refractivity contribution < 1.29 is 9.59 Å². The molecule has 1 aliphatic rings. The highest BCUT2D eigenvalue weighted by atomic mass is 16.2. The topological polar surface area (TPSA) is 61.2 Å². The van der Waals surface area contributed by atoms with E-state index in [9.17, 15) is 9.59 Å². The molecule has 0 aromatic heterocycles. The number of hydrogen-bond donors (Lipinski definition) is 0. The molecule has 1 aliphatic heterocycles. The predicted octanol–water partition coefficient (Wildman–Crippen LogP) is 1.38. The summed E-state index contributed by atoms with van der Waals surface area (Å²) in [5.74, 6) is -0.644. The van der Waals surface area contributed by atoms with E-state index in [4.69, 9.17) is 5.26 Å². The lowest BCUT2D eigenvalue weighted by Gasteiger charge is -2.12. The van der Waals surface area contributed by atoms with Crippen LogP contribution in [0.2, 0.25) is 0 Å². The van der Waals surface area contributed by atoms with Gasteiger partial charge in [0.1, 0.15) is 0 Å². The maximum absolute atomic E-state index is 11.6. The molecule has 0 atom stereocenters. The molecule has 1 aromatic rings. The van der Waals surface area contributed by atoms with Crippen LogP contribution in [0.3, 0.4) is 0 Å². The lowest BCUT2D eigenvalue weighted by molar-refractivity contribution is -0.120. The molecule has 0 bridgehead atoms. The first-order chi connectivity index (χ1) is 7.63. The van der Waals surface area contributed by atoms with Gasteiger partial charge < -0.3 is 0 Å². The third-order valence-corrected chi connectivity index (χ3v) is 2.37. The molecule has 1 saturated heterocycles. The smallest absolute Gasteiger partial charge is 0.260 e. The summed E-state index contributed by atoms with van der Waals surface area (Å²) in [5, 5.41) is 8.63. The van der Waals surface area contributed by atoms with Crippen LogP contribution in [0.15, 0.2) is 36.4 Å². The standard InChI is InChI=1S/C12H8N2O2/c1-8-6-11(15)14(12(8)16)10-4-2-9(7-13)3-5-10/h2-5H,1,6H2. The Labute approximate surface area is 92.4 Å². The SMILES string of the molecule is C=C1CC(=O)N(c2ccc(C#N)cc2)C1=O. The average Bonchev–Trinajstić information content (AvgIpc) is 2.54. The zero-order valence-corrected chi connectivity index (χ0v) is 8.43. The first-order valence-corrected chi connectivity index (χ1v) is 4.68. The lowest BCUT2D eigenvalue weighted by atomic mass is 10.2. The van der Waals surface area contributed by atoms with Crippen molar-refractivity contribution >= 4 is 17.5 Å². The number of benzene rings is 1. The van der Waals surface area contributed by atoms with E-state index in [2.05, 4.69) is 6.58 Å². The third-order valence-electron chi connectivity index (χ3n) is 2.37. The van der Waals surface area contributed by atoms with Crippen LogP contribution < -0.4 is 4.90 Å². The number of anilines is 1. The summed E-state index contributed by atoms with van der Waals surface area (Å²) in [7, 11) is 0. The van der Waals surface area contributed by atoms with Crippen LogP contribution in [-0.2, 0) is 9.59 Å². The zero-order valence-electron chi connectivity index (χ0n) is 8.43. The minimum atomic E-state index is -0.366. The Bertz CT molecular complexity index is 523. The highest BCUT2D eigenvalue weighted by molar-refractivity contribution is 6.27. The van der Waals surface area contributed by atoms with Crippen LogP contribution in [0.4, 0.5) is 5.69 Å².